The van der Waals surface area contributed by atoms with Crippen LogP contribution in [0.2, 0.25) is 0 Å². The van der Waals surface area contributed by atoms with Gasteiger partial charge >= 0.3 is 0 Å². The van der Waals surface area contributed by atoms with Crippen molar-refractivity contribution in [3.8, 4) is 0 Å². The van der Waals surface area contributed by atoms with Crippen LogP contribution in [0.5, 0.6) is 0 Å². The number of rotatable bonds is 1. The second-order valence-electron chi connectivity index (χ2n) is 13.0. The van der Waals surface area contributed by atoms with Gasteiger partial charge in [-0.1, -0.05) is 36.4 Å². The van der Waals surface area contributed by atoms with Crippen LogP contribution in [0, 0.1) is 10.1 Å². The SMILES string of the molecule is CN1CC2CC(C1)c1cc(N)ccc12.O=[N+]([O-])c1ccc2c(c1)C1CNCC2C1.c1ccc2c(c1)C1CNCC2C1. The predicted octanol–water partition coefficient (Wildman–Crippen LogP) is 5.41. The summed E-state index contributed by atoms with van der Waals surface area (Å²) < 4.78 is 0. The number of hydrogen-bond acceptors (Lipinski definition) is 6. The van der Waals surface area contributed by atoms with Gasteiger partial charge in [-0.25, -0.2) is 0 Å². The Kier molecular flexibility index (Phi) is 7.05. The van der Waals surface area contributed by atoms with Gasteiger partial charge in [0.1, 0.15) is 0 Å². The molecule has 3 fully saturated rings. The third kappa shape index (κ3) is 5.05. The Morgan fingerprint density at radius 1 is 0.683 bits per heavy atom. The average Bonchev–Trinajstić information content (AvgIpc) is 3.51. The number of nitro benzene ring substituents is 1. The second-order valence-corrected chi connectivity index (χ2v) is 13.0. The van der Waals surface area contributed by atoms with Crippen molar-refractivity contribution in [2.75, 3.05) is 52.0 Å². The number of likely N-dealkylation sites (N-methyl/N-ethyl adjacent to an activating group) is 1. The molecule has 0 radical (unpaired) electrons. The lowest BCUT2D eigenvalue weighted by atomic mass is 9.96. The first-order chi connectivity index (χ1) is 19.9. The van der Waals surface area contributed by atoms with Crippen molar-refractivity contribution in [3.63, 3.8) is 0 Å². The minimum atomic E-state index is -0.310. The number of nitrogens with one attached hydrogen (secondary N) is 2. The van der Waals surface area contributed by atoms with Gasteiger partial charge in [0.25, 0.3) is 5.69 Å². The van der Waals surface area contributed by atoms with Gasteiger partial charge in [-0.15, -0.1) is 0 Å². The highest BCUT2D eigenvalue weighted by Gasteiger charge is 2.37. The second kappa shape index (κ2) is 10.9. The fourth-order valence-electron chi connectivity index (χ4n) is 8.58. The summed E-state index contributed by atoms with van der Waals surface area (Å²) in [6, 6.07) is 20.7. The number of hydrogen-bond donors (Lipinski definition) is 3. The van der Waals surface area contributed by atoms with Crippen molar-refractivity contribution >= 4 is 11.4 Å². The van der Waals surface area contributed by atoms with Crippen molar-refractivity contribution in [1.29, 1.82) is 0 Å². The average molecular weight is 552 g/mol. The molecule has 41 heavy (non-hydrogen) atoms. The van der Waals surface area contributed by atoms with E-state index in [-0.39, 0.29) is 10.6 Å². The molecule has 4 N–H and O–H groups in total. The molecule has 3 aliphatic heterocycles. The summed E-state index contributed by atoms with van der Waals surface area (Å²) in [6.07, 6.45) is 3.87. The Morgan fingerprint density at radius 3 is 1.76 bits per heavy atom. The number of nitrogens with two attached hydrogens (primary N) is 1. The van der Waals surface area contributed by atoms with Gasteiger partial charge in [-0.3, -0.25) is 10.1 Å². The third-order valence-corrected chi connectivity index (χ3v) is 10.4. The van der Waals surface area contributed by atoms with Crippen LogP contribution in [-0.2, 0) is 0 Å². The molecule has 0 amide bonds. The van der Waals surface area contributed by atoms with Crippen LogP contribution in [0.15, 0.2) is 60.7 Å². The zero-order valence-corrected chi connectivity index (χ0v) is 23.9. The van der Waals surface area contributed by atoms with Crippen LogP contribution >= 0.6 is 0 Å². The van der Waals surface area contributed by atoms with Gasteiger partial charge in [0.2, 0.25) is 0 Å². The number of piperidine rings is 3. The van der Waals surface area contributed by atoms with Crippen LogP contribution in [0.4, 0.5) is 11.4 Å². The molecule has 6 aliphatic rings. The third-order valence-electron chi connectivity index (χ3n) is 10.4. The molecule has 0 spiro atoms. The first-order valence-electron chi connectivity index (χ1n) is 15.3. The minimum Gasteiger partial charge on any atom is -0.399 e. The van der Waals surface area contributed by atoms with E-state index in [0.29, 0.717) is 11.8 Å². The van der Waals surface area contributed by atoms with Crippen LogP contribution in [0.25, 0.3) is 0 Å². The fraction of sp³-hybridized carbons (Fsp3) is 0.471. The summed E-state index contributed by atoms with van der Waals surface area (Å²) in [5.74, 6) is 4.16. The van der Waals surface area contributed by atoms with Crippen LogP contribution in [0.1, 0.15) is 88.2 Å². The number of fused-ring (bicyclic) bond motifs is 15. The van der Waals surface area contributed by atoms with E-state index in [1.165, 1.54) is 55.7 Å². The summed E-state index contributed by atoms with van der Waals surface area (Å²) in [7, 11) is 2.22. The highest BCUT2D eigenvalue weighted by Crippen LogP contribution is 2.47. The molecule has 6 atom stereocenters. The highest BCUT2D eigenvalue weighted by molar-refractivity contribution is 5.51. The maximum Gasteiger partial charge on any atom is 0.269 e. The normalized spacial score (nSPS) is 29.7. The molecule has 3 heterocycles. The summed E-state index contributed by atoms with van der Waals surface area (Å²) in [6.45, 7) is 6.77. The molecule has 0 aromatic heterocycles. The molecule has 214 valence electrons. The number of benzene rings is 3. The molecule has 3 aliphatic carbocycles. The minimum absolute atomic E-state index is 0.223. The van der Waals surface area contributed by atoms with Gasteiger partial charge in [0.15, 0.2) is 0 Å². The van der Waals surface area contributed by atoms with Crippen LogP contribution in [0.3, 0.4) is 0 Å². The number of non-ortho nitro benzene ring substituents is 1. The largest absolute Gasteiger partial charge is 0.399 e. The Labute approximate surface area is 242 Å². The maximum atomic E-state index is 10.7. The van der Waals surface area contributed by atoms with E-state index in [4.69, 9.17) is 5.73 Å². The fourth-order valence-corrected chi connectivity index (χ4v) is 8.58. The Bertz CT molecular complexity index is 1430. The van der Waals surface area contributed by atoms with Gasteiger partial charge < -0.3 is 21.3 Å². The molecule has 6 bridgehead atoms. The lowest BCUT2D eigenvalue weighted by molar-refractivity contribution is -0.384. The van der Waals surface area contributed by atoms with E-state index in [1.54, 1.807) is 28.8 Å². The number of nitro groups is 1. The Morgan fingerprint density at radius 2 is 1.15 bits per heavy atom. The number of nitrogens with zero attached hydrogens (tertiary/aromatic N) is 2. The highest BCUT2D eigenvalue weighted by atomic mass is 16.6. The zero-order chi connectivity index (χ0) is 28.1. The van der Waals surface area contributed by atoms with Crippen LogP contribution in [-0.4, -0.2) is 56.1 Å². The zero-order valence-electron chi connectivity index (χ0n) is 23.9. The summed E-state index contributed by atoms with van der Waals surface area (Å²) in [5, 5.41) is 17.5. The molecule has 3 aromatic rings. The van der Waals surface area contributed by atoms with E-state index in [0.717, 1.165) is 48.9 Å². The summed E-state index contributed by atoms with van der Waals surface area (Å²) in [5.41, 5.74) is 15.8. The first-order valence-corrected chi connectivity index (χ1v) is 15.3. The van der Waals surface area contributed by atoms with E-state index < -0.39 is 0 Å². The predicted molar refractivity (Wildman–Crippen MR) is 164 cm³/mol. The molecule has 6 unspecified atom stereocenters. The van der Waals surface area contributed by atoms with Gasteiger partial charge in [0, 0.05) is 57.1 Å². The quantitative estimate of drug-likeness (QED) is 0.213. The monoisotopic (exact) mass is 551 g/mol. The van der Waals surface area contributed by atoms with E-state index in [2.05, 4.69) is 59.0 Å². The molecular formula is C34H41N5O2. The van der Waals surface area contributed by atoms with E-state index in [9.17, 15) is 10.1 Å². The molecular weight excluding hydrogens is 510 g/mol. The molecule has 7 nitrogen and oxygen atoms in total. The van der Waals surface area contributed by atoms with Crippen molar-refractivity contribution in [2.45, 2.75) is 54.8 Å². The smallest absolute Gasteiger partial charge is 0.269 e. The van der Waals surface area contributed by atoms with Crippen molar-refractivity contribution in [1.82, 2.24) is 15.5 Å². The topological polar surface area (TPSA) is 96.5 Å². The number of nitrogen functional groups attached to an aromatic ring is 1. The number of anilines is 1. The molecule has 7 heteroatoms. The molecule has 3 aromatic carbocycles. The van der Waals surface area contributed by atoms with E-state index in [1.807, 2.05) is 12.1 Å². The standard InChI is InChI=1S/C12H16N2.C11H12N2O2.C11H13N/c1-14-6-8-4-9(7-14)12-5-10(13)2-3-11(8)12;14-13(15)9-1-2-10-7-3-8(6-12-5-7)11(10)4-9;1-2-4-11-9-5-8(6-12-7-9)10(11)3-1/h2-3,5,8-9H,4,6-7,13H2,1H3;1-2,4,7-8,12H,3,5-6H2;1-4,8-9,12H,5-7H2. The Balaban J connectivity index is 0.000000102. The lowest BCUT2D eigenvalue weighted by Crippen LogP contribution is -2.31. The van der Waals surface area contributed by atoms with Gasteiger partial charge in [-0.05, 0) is 107 Å². The summed E-state index contributed by atoms with van der Waals surface area (Å²) in [4.78, 5) is 12.8. The maximum absolute atomic E-state index is 10.7. The van der Waals surface area contributed by atoms with Gasteiger partial charge in [-0.2, -0.15) is 0 Å². The van der Waals surface area contributed by atoms with Crippen molar-refractivity contribution in [2.24, 2.45) is 0 Å². The molecule has 9 rings (SSSR count). The molecule has 3 saturated heterocycles. The van der Waals surface area contributed by atoms with Crippen LogP contribution < -0.4 is 16.4 Å². The number of likely N-dealkylation sites (tertiary alicyclic amines) is 1. The van der Waals surface area contributed by atoms with Crippen molar-refractivity contribution in [3.05, 3.63) is 104 Å². The van der Waals surface area contributed by atoms with E-state index >= 15 is 0 Å². The van der Waals surface area contributed by atoms with Crippen molar-refractivity contribution < 1.29 is 4.92 Å². The Hall–Kier alpha value is -3.26. The molecule has 0 saturated carbocycles. The lowest BCUT2D eigenvalue weighted by Gasteiger charge is -2.28. The summed E-state index contributed by atoms with van der Waals surface area (Å²) >= 11 is 0. The first kappa shape index (κ1) is 26.6. The van der Waals surface area contributed by atoms with Gasteiger partial charge in [0.05, 0.1) is 4.92 Å².